The molecule has 0 saturated carbocycles. The molecule has 7 nitrogen and oxygen atoms in total. The number of carbonyl (C=O) groups is 1. The largest absolute Gasteiger partial charge is 0.379 e. The van der Waals surface area contributed by atoms with E-state index in [1.807, 2.05) is 43.5 Å². The van der Waals surface area contributed by atoms with Crippen LogP contribution in [0.3, 0.4) is 0 Å². The zero-order chi connectivity index (χ0) is 21.8. The van der Waals surface area contributed by atoms with Crippen LogP contribution in [0.1, 0.15) is 34.6 Å². The van der Waals surface area contributed by atoms with E-state index in [9.17, 15) is 4.79 Å². The van der Waals surface area contributed by atoms with E-state index in [1.165, 1.54) is 5.56 Å². The molecular weight excluding hydrogens is 390 g/mol. The van der Waals surface area contributed by atoms with E-state index in [4.69, 9.17) is 4.74 Å². The number of amides is 1. The van der Waals surface area contributed by atoms with E-state index >= 15 is 0 Å². The third-order valence-electron chi connectivity index (χ3n) is 5.95. The second-order valence-corrected chi connectivity index (χ2v) is 8.27. The van der Waals surface area contributed by atoms with E-state index < -0.39 is 0 Å². The van der Waals surface area contributed by atoms with Gasteiger partial charge in [-0.1, -0.05) is 12.1 Å². The number of nitrogens with zero attached hydrogens (tertiary/aromatic N) is 4. The van der Waals surface area contributed by atoms with Crippen LogP contribution in [-0.2, 0) is 22.4 Å². The number of benzene rings is 1. The smallest absolute Gasteiger partial charge is 0.224 e. The Labute approximate surface area is 183 Å². The highest BCUT2D eigenvalue weighted by Gasteiger charge is 2.13. The predicted molar refractivity (Wildman–Crippen MR) is 122 cm³/mol. The lowest BCUT2D eigenvalue weighted by Gasteiger charge is -2.26. The summed E-state index contributed by atoms with van der Waals surface area (Å²) in [5.41, 5.74) is 7.02. The van der Waals surface area contributed by atoms with Crippen molar-refractivity contribution in [3.8, 4) is 0 Å². The molecule has 2 aromatic heterocycles. The fourth-order valence-electron chi connectivity index (χ4n) is 4.13. The van der Waals surface area contributed by atoms with Gasteiger partial charge in [-0.2, -0.15) is 5.10 Å². The van der Waals surface area contributed by atoms with Crippen molar-refractivity contribution in [3.63, 3.8) is 0 Å². The van der Waals surface area contributed by atoms with Crippen LogP contribution in [0, 0.1) is 20.8 Å². The average molecular weight is 422 g/mol. The zero-order valence-electron chi connectivity index (χ0n) is 18.6. The first-order valence-electron chi connectivity index (χ1n) is 11.0. The van der Waals surface area contributed by atoms with Crippen molar-refractivity contribution in [1.29, 1.82) is 0 Å². The third kappa shape index (κ3) is 5.29. The van der Waals surface area contributed by atoms with Gasteiger partial charge in [0.25, 0.3) is 0 Å². The highest BCUT2D eigenvalue weighted by atomic mass is 16.5. The number of ether oxygens (including phenoxy) is 1. The summed E-state index contributed by atoms with van der Waals surface area (Å²) < 4.78 is 7.26. The van der Waals surface area contributed by atoms with Gasteiger partial charge in [0.15, 0.2) is 5.65 Å². The maximum atomic E-state index is 12.5. The Morgan fingerprint density at radius 1 is 1.10 bits per heavy atom. The molecule has 1 aliphatic rings. The minimum Gasteiger partial charge on any atom is -0.379 e. The molecule has 0 unspecified atom stereocenters. The van der Waals surface area contributed by atoms with Crippen LogP contribution in [-0.4, -0.2) is 58.3 Å². The van der Waals surface area contributed by atoms with Crippen LogP contribution in [0.25, 0.3) is 5.65 Å². The van der Waals surface area contributed by atoms with Gasteiger partial charge in [0.2, 0.25) is 5.91 Å². The number of morpholine rings is 1. The van der Waals surface area contributed by atoms with Gasteiger partial charge in [0.1, 0.15) is 0 Å². The van der Waals surface area contributed by atoms with Gasteiger partial charge in [0, 0.05) is 49.2 Å². The number of anilines is 1. The van der Waals surface area contributed by atoms with E-state index in [0.29, 0.717) is 12.8 Å². The highest BCUT2D eigenvalue weighted by Crippen LogP contribution is 2.18. The summed E-state index contributed by atoms with van der Waals surface area (Å²) in [5.74, 6) is 0.0107. The van der Waals surface area contributed by atoms with E-state index in [-0.39, 0.29) is 5.91 Å². The third-order valence-corrected chi connectivity index (χ3v) is 5.95. The summed E-state index contributed by atoms with van der Waals surface area (Å²) in [4.78, 5) is 19.6. The lowest BCUT2D eigenvalue weighted by Crippen LogP contribution is -2.37. The van der Waals surface area contributed by atoms with E-state index in [1.54, 1.807) is 0 Å². The molecule has 31 heavy (non-hydrogen) atoms. The van der Waals surface area contributed by atoms with Gasteiger partial charge in [-0.3, -0.25) is 9.69 Å². The number of hydrogen-bond acceptors (Lipinski definition) is 5. The fourth-order valence-corrected chi connectivity index (χ4v) is 4.13. The molecule has 3 heterocycles. The number of carbonyl (C=O) groups excluding carboxylic acids is 1. The van der Waals surface area contributed by atoms with Gasteiger partial charge in [0.05, 0.1) is 18.9 Å². The van der Waals surface area contributed by atoms with Crippen molar-refractivity contribution in [2.75, 3.05) is 38.2 Å². The van der Waals surface area contributed by atoms with Crippen LogP contribution >= 0.6 is 0 Å². The molecule has 1 saturated heterocycles. The molecule has 0 atom stereocenters. The first-order valence-corrected chi connectivity index (χ1v) is 11.0. The van der Waals surface area contributed by atoms with Crippen LogP contribution < -0.4 is 5.32 Å². The Balaban J connectivity index is 1.30. The number of hydrogen-bond donors (Lipinski definition) is 1. The monoisotopic (exact) mass is 421 g/mol. The lowest BCUT2D eigenvalue weighted by atomic mass is 10.1. The van der Waals surface area contributed by atoms with Crippen molar-refractivity contribution < 1.29 is 9.53 Å². The maximum Gasteiger partial charge on any atom is 0.224 e. The highest BCUT2D eigenvalue weighted by molar-refractivity contribution is 5.90. The molecule has 7 heteroatoms. The standard InChI is InChI=1S/C24H31N5O2/c1-17-16-23-25-18(2)22(19(3)29(23)27-17)8-9-24(30)26-21-6-4-20(5-7-21)10-11-28-12-14-31-15-13-28/h4-7,16H,8-15H2,1-3H3,(H,26,30). The molecule has 4 rings (SSSR count). The Kier molecular flexibility index (Phi) is 6.63. The molecule has 1 amide bonds. The number of fused-ring (bicyclic) bond motifs is 1. The summed E-state index contributed by atoms with van der Waals surface area (Å²) in [5, 5.41) is 7.52. The number of nitrogens with one attached hydrogen (secondary N) is 1. The molecule has 1 N–H and O–H groups in total. The van der Waals surface area contributed by atoms with Crippen LogP contribution in [0.5, 0.6) is 0 Å². The summed E-state index contributed by atoms with van der Waals surface area (Å²) in [7, 11) is 0. The van der Waals surface area contributed by atoms with E-state index in [2.05, 4.69) is 32.4 Å². The Bertz CT molecular complexity index is 1050. The van der Waals surface area contributed by atoms with Gasteiger partial charge >= 0.3 is 0 Å². The van der Waals surface area contributed by atoms with Gasteiger partial charge in [-0.15, -0.1) is 0 Å². The van der Waals surface area contributed by atoms with Crippen molar-refractivity contribution in [2.45, 2.75) is 40.0 Å². The molecule has 0 radical (unpaired) electrons. The van der Waals surface area contributed by atoms with Crippen molar-refractivity contribution in [3.05, 3.63) is 58.5 Å². The normalized spacial score (nSPS) is 14.8. The number of aryl methyl sites for hydroxylation is 3. The van der Waals surface area contributed by atoms with Gasteiger partial charge < -0.3 is 10.1 Å². The molecule has 0 bridgehead atoms. The molecule has 1 aliphatic heterocycles. The topological polar surface area (TPSA) is 71.8 Å². The molecule has 3 aromatic rings. The SMILES string of the molecule is Cc1cc2nc(C)c(CCC(=O)Nc3ccc(CCN4CCOCC4)cc3)c(C)n2n1. The number of aromatic nitrogens is 3. The molecule has 164 valence electrons. The second kappa shape index (κ2) is 9.58. The first-order chi connectivity index (χ1) is 15.0. The fraction of sp³-hybridized carbons (Fsp3) is 0.458. The van der Waals surface area contributed by atoms with Crippen LogP contribution in [0.4, 0.5) is 5.69 Å². The van der Waals surface area contributed by atoms with Crippen molar-refractivity contribution >= 4 is 17.2 Å². The zero-order valence-corrected chi connectivity index (χ0v) is 18.6. The predicted octanol–water partition coefficient (Wildman–Crippen LogP) is 3.10. The quantitative estimate of drug-likeness (QED) is 0.635. The Morgan fingerprint density at radius 2 is 1.84 bits per heavy atom. The maximum absolute atomic E-state index is 12.5. The van der Waals surface area contributed by atoms with Gasteiger partial charge in [-0.25, -0.2) is 9.50 Å². The lowest BCUT2D eigenvalue weighted by molar-refractivity contribution is -0.116. The molecular formula is C24H31N5O2. The minimum absolute atomic E-state index is 0.0107. The van der Waals surface area contributed by atoms with E-state index in [0.717, 1.165) is 73.2 Å². The van der Waals surface area contributed by atoms with Crippen LogP contribution in [0.2, 0.25) is 0 Å². The van der Waals surface area contributed by atoms with Crippen molar-refractivity contribution in [2.24, 2.45) is 0 Å². The van der Waals surface area contributed by atoms with Crippen molar-refractivity contribution in [1.82, 2.24) is 19.5 Å². The number of rotatable bonds is 7. The molecule has 0 spiro atoms. The second-order valence-electron chi connectivity index (χ2n) is 8.27. The Hall–Kier alpha value is -2.77. The summed E-state index contributed by atoms with van der Waals surface area (Å²) in [6.45, 7) is 10.7. The first kappa shape index (κ1) is 21.5. The molecule has 0 aliphatic carbocycles. The summed E-state index contributed by atoms with van der Waals surface area (Å²) in [6, 6.07) is 10.2. The molecule has 1 fully saturated rings. The summed E-state index contributed by atoms with van der Waals surface area (Å²) in [6.07, 6.45) is 2.06. The minimum atomic E-state index is 0.0107. The average Bonchev–Trinajstić information content (AvgIpc) is 3.14. The van der Waals surface area contributed by atoms with Gasteiger partial charge in [-0.05, 0) is 56.9 Å². The summed E-state index contributed by atoms with van der Waals surface area (Å²) >= 11 is 0. The Morgan fingerprint density at radius 3 is 2.58 bits per heavy atom. The molecule has 1 aromatic carbocycles. The van der Waals surface area contributed by atoms with Crippen LogP contribution in [0.15, 0.2) is 30.3 Å².